The molecule has 0 amide bonds. The fraction of sp³-hybridized carbons (Fsp3) is 0.263. The molecule has 1 aromatic carbocycles. The number of fused-ring (bicyclic) bond motifs is 2. The molecule has 0 bridgehead atoms. The quantitative estimate of drug-likeness (QED) is 0.583. The topological polar surface area (TPSA) is 78.6 Å². The summed E-state index contributed by atoms with van der Waals surface area (Å²) < 4.78 is 0.0928. The van der Waals surface area contributed by atoms with Crippen molar-refractivity contribution in [3.05, 3.63) is 59.8 Å². The zero-order valence-electron chi connectivity index (χ0n) is 13.9. The average Bonchev–Trinajstić information content (AvgIpc) is 3.20. The molecule has 6 heteroatoms. The molecule has 5 rings (SSSR count). The Hall–Kier alpha value is -2.54. The van der Waals surface area contributed by atoms with Crippen LogP contribution in [0.1, 0.15) is 18.5 Å². The van der Waals surface area contributed by atoms with E-state index in [1.807, 2.05) is 24.5 Å². The number of piperidine rings is 1. The Morgan fingerprint density at radius 2 is 2.00 bits per heavy atom. The Kier molecular flexibility index (Phi) is 3.24. The predicted molar refractivity (Wildman–Crippen MR) is 99.5 cm³/mol. The lowest BCUT2D eigenvalue weighted by Gasteiger charge is -2.27. The highest BCUT2D eigenvalue weighted by Gasteiger charge is 2.46. The van der Waals surface area contributed by atoms with Crippen molar-refractivity contribution in [3.63, 3.8) is 0 Å². The van der Waals surface area contributed by atoms with Crippen LogP contribution in [0.3, 0.4) is 0 Å². The third-order valence-corrected chi connectivity index (χ3v) is 5.32. The number of nitrogens with one attached hydrogen (secondary N) is 2. The van der Waals surface area contributed by atoms with E-state index in [1.54, 1.807) is 6.20 Å². The molecular formula is C19H21N6+. The standard InChI is InChI=1S/C19H21N6/c20-25-10-9-22-12-17(25)18(13-5-7-21-8-6-13)24-19(25)16-11-14-3-1-2-4-15(14)23-16/h1-4,9-13,21,23H,5-8,20H2/q+1. The number of aromatic amines is 1. The summed E-state index contributed by atoms with van der Waals surface area (Å²) >= 11 is 0. The first-order valence-electron chi connectivity index (χ1n) is 8.77. The highest BCUT2D eigenvalue weighted by atomic mass is 15.6. The molecule has 0 radical (unpaired) electrons. The van der Waals surface area contributed by atoms with Gasteiger partial charge in [0.25, 0.3) is 5.84 Å². The number of quaternary nitrogens is 1. The first-order valence-corrected chi connectivity index (χ1v) is 8.77. The Bertz CT molecular complexity index is 924. The van der Waals surface area contributed by atoms with Crippen LogP contribution < -0.4 is 11.2 Å². The fourth-order valence-corrected chi connectivity index (χ4v) is 3.98. The predicted octanol–water partition coefficient (Wildman–Crippen LogP) is 2.39. The Morgan fingerprint density at radius 1 is 1.16 bits per heavy atom. The van der Waals surface area contributed by atoms with Crippen LogP contribution in [-0.4, -0.2) is 34.7 Å². The fourth-order valence-electron chi connectivity index (χ4n) is 3.98. The Balaban J connectivity index is 1.64. The lowest BCUT2D eigenvalue weighted by molar-refractivity contribution is -0.750. The minimum absolute atomic E-state index is 0.0928. The van der Waals surface area contributed by atoms with Gasteiger partial charge in [0.05, 0.1) is 12.4 Å². The van der Waals surface area contributed by atoms with E-state index in [4.69, 9.17) is 10.8 Å². The van der Waals surface area contributed by atoms with Crippen LogP contribution in [0.2, 0.25) is 0 Å². The number of aliphatic imine (C=N–C) groups is 2. The number of aromatic nitrogens is 1. The maximum Gasteiger partial charge on any atom is 0.281 e. The molecule has 3 aliphatic rings. The Morgan fingerprint density at radius 3 is 2.84 bits per heavy atom. The van der Waals surface area contributed by atoms with Gasteiger partial charge in [0.2, 0.25) is 5.70 Å². The summed E-state index contributed by atoms with van der Waals surface area (Å²) in [7, 11) is 0. The highest BCUT2D eigenvalue weighted by Crippen LogP contribution is 2.37. The van der Waals surface area contributed by atoms with E-state index in [2.05, 4.69) is 33.5 Å². The zero-order valence-corrected chi connectivity index (χ0v) is 13.9. The largest absolute Gasteiger partial charge is 0.349 e. The van der Waals surface area contributed by atoms with Gasteiger partial charge < -0.3 is 10.3 Å². The molecule has 1 atom stereocenters. The summed E-state index contributed by atoms with van der Waals surface area (Å²) in [4.78, 5) is 12.8. The number of para-hydroxylation sites is 1. The van der Waals surface area contributed by atoms with Crippen molar-refractivity contribution >= 4 is 23.0 Å². The lowest BCUT2D eigenvalue weighted by Crippen LogP contribution is -2.53. The monoisotopic (exact) mass is 333 g/mol. The zero-order chi connectivity index (χ0) is 16.9. The smallest absolute Gasteiger partial charge is 0.281 e. The van der Waals surface area contributed by atoms with E-state index in [0.29, 0.717) is 5.92 Å². The molecule has 126 valence electrons. The van der Waals surface area contributed by atoms with E-state index in [-0.39, 0.29) is 4.59 Å². The SMILES string of the molecule is N[N+]12C=CN=CC1=C(C1CCNCC1)N=C2c1cc2ccccc2[nH]1. The van der Waals surface area contributed by atoms with Crippen LogP contribution >= 0.6 is 0 Å². The number of H-pyrrole nitrogens is 1. The van der Waals surface area contributed by atoms with Crippen molar-refractivity contribution in [3.8, 4) is 0 Å². The third-order valence-electron chi connectivity index (χ3n) is 5.32. The summed E-state index contributed by atoms with van der Waals surface area (Å²) in [6.07, 6.45) is 7.71. The van der Waals surface area contributed by atoms with Gasteiger partial charge in [-0.1, -0.05) is 18.2 Å². The number of amidine groups is 1. The maximum absolute atomic E-state index is 6.79. The second kappa shape index (κ2) is 5.49. The number of allylic oxidation sites excluding steroid dienone is 2. The van der Waals surface area contributed by atoms with Gasteiger partial charge in [0.1, 0.15) is 17.6 Å². The molecule has 1 aromatic heterocycles. The molecule has 4 heterocycles. The molecule has 6 nitrogen and oxygen atoms in total. The van der Waals surface area contributed by atoms with E-state index in [0.717, 1.165) is 54.4 Å². The van der Waals surface area contributed by atoms with Crippen molar-refractivity contribution in [1.82, 2.24) is 10.3 Å². The van der Waals surface area contributed by atoms with Crippen LogP contribution in [0.4, 0.5) is 0 Å². The van der Waals surface area contributed by atoms with Gasteiger partial charge in [-0.25, -0.2) is 0 Å². The first kappa shape index (κ1) is 14.8. The van der Waals surface area contributed by atoms with Crippen LogP contribution in [0, 0.1) is 5.92 Å². The van der Waals surface area contributed by atoms with Gasteiger partial charge >= 0.3 is 0 Å². The molecule has 1 unspecified atom stereocenters. The van der Waals surface area contributed by atoms with Crippen molar-refractivity contribution in [2.45, 2.75) is 12.8 Å². The second-order valence-corrected chi connectivity index (χ2v) is 6.85. The average molecular weight is 333 g/mol. The van der Waals surface area contributed by atoms with Crippen LogP contribution in [0.15, 0.2) is 64.1 Å². The van der Waals surface area contributed by atoms with E-state index in [1.165, 1.54) is 5.39 Å². The highest BCUT2D eigenvalue weighted by molar-refractivity contribution is 6.02. The Labute approximate surface area is 146 Å². The third kappa shape index (κ3) is 2.22. The molecule has 25 heavy (non-hydrogen) atoms. The molecule has 1 saturated heterocycles. The summed E-state index contributed by atoms with van der Waals surface area (Å²) in [5.41, 5.74) is 4.14. The van der Waals surface area contributed by atoms with Gasteiger partial charge in [-0.3, -0.25) is 4.99 Å². The molecule has 0 aliphatic carbocycles. The summed E-state index contributed by atoms with van der Waals surface area (Å²) in [6, 6.07) is 10.4. The minimum atomic E-state index is 0.0928. The number of benzene rings is 1. The summed E-state index contributed by atoms with van der Waals surface area (Å²) in [5, 5.41) is 4.58. The van der Waals surface area contributed by atoms with Gasteiger partial charge in [0.15, 0.2) is 0 Å². The van der Waals surface area contributed by atoms with E-state index < -0.39 is 0 Å². The molecular weight excluding hydrogens is 312 g/mol. The van der Waals surface area contributed by atoms with Crippen LogP contribution in [-0.2, 0) is 0 Å². The maximum atomic E-state index is 6.79. The molecule has 2 aromatic rings. The number of hydrogen-bond acceptors (Lipinski definition) is 4. The molecule has 1 fully saturated rings. The second-order valence-electron chi connectivity index (χ2n) is 6.85. The van der Waals surface area contributed by atoms with Crippen molar-refractivity contribution in [2.24, 2.45) is 21.7 Å². The number of nitrogens with two attached hydrogens (primary N) is 1. The van der Waals surface area contributed by atoms with E-state index >= 15 is 0 Å². The number of nitrogens with zero attached hydrogens (tertiary/aromatic N) is 3. The van der Waals surface area contributed by atoms with Gasteiger partial charge in [0, 0.05) is 16.8 Å². The van der Waals surface area contributed by atoms with Crippen LogP contribution in [0.25, 0.3) is 10.9 Å². The van der Waals surface area contributed by atoms with Gasteiger partial charge in [-0.15, -0.1) is 4.59 Å². The van der Waals surface area contributed by atoms with Crippen molar-refractivity contribution < 1.29 is 4.59 Å². The van der Waals surface area contributed by atoms with Crippen molar-refractivity contribution in [2.75, 3.05) is 13.1 Å². The minimum Gasteiger partial charge on any atom is -0.349 e. The molecule has 3 aliphatic heterocycles. The summed E-state index contributed by atoms with van der Waals surface area (Å²) in [5.74, 6) is 8.06. The molecule has 4 N–H and O–H groups in total. The van der Waals surface area contributed by atoms with E-state index in [9.17, 15) is 0 Å². The van der Waals surface area contributed by atoms with Crippen molar-refractivity contribution in [1.29, 1.82) is 0 Å². The molecule has 0 saturated carbocycles. The van der Waals surface area contributed by atoms with Gasteiger partial charge in [-0.05, 0) is 38.1 Å². The lowest BCUT2D eigenvalue weighted by atomic mass is 9.93. The first-order chi connectivity index (χ1) is 12.3. The summed E-state index contributed by atoms with van der Waals surface area (Å²) in [6.45, 7) is 2.05. The van der Waals surface area contributed by atoms with Gasteiger partial charge in [-0.2, -0.15) is 10.8 Å². The normalized spacial score (nSPS) is 26.4. The number of hydrogen-bond donors (Lipinski definition) is 3. The molecule has 0 spiro atoms. The number of rotatable bonds is 2. The van der Waals surface area contributed by atoms with Crippen LogP contribution in [0.5, 0.6) is 0 Å².